The van der Waals surface area contributed by atoms with Gasteiger partial charge in [0.2, 0.25) is 5.91 Å². The quantitative estimate of drug-likeness (QED) is 0.479. The highest BCUT2D eigenvalue weighted by molar-refractivity contribution is 8.18. The molecule has 0 spiro atoms. The van der Waals surface area contributed by atoms with E-state index in [9.17, 15) is 19.2 Å². The fourth-order valence-corrected chi connectivity index (χ4v) is 4.23. The van der Waals surface area contributed by atoms with E-state index in [-0.39, 0.29) is 23.3 Å². The van der Waals surface area contributed by atoms with Crippen LogP contribution < -0.4 is 20.5 Å². The molecule has 184 valence electrons. The van der Waals surface area contributed by atoms with Gasteiger partial charge in [0.15, 0.2) is 18.1 Å². The highest BCUT2D eigenvalue weighted by atomic mass is 32.2. The Morgan fingerprint density at radius 3 is 2.54 bits per heavy atom. The Morgan fingerprint density at radius 1 is 1.11 bits per heavy atom. The number of thioether (sulfide) groups is 1. The van der Waals surface area contributed by atoms with Crippen LogP contribution in [0.2, 0.25) is 0 Å². The van der Waals surface area contributed by atoms with Gasteiger partial charge < -0.3 is 20.5 Å². The molecule has 0 unspecified atom stereocenters. The third-order valence-corrected chi connectivity index (χ3v) is 5.88. The number of hydrogen-bond donors (Lipinski definition) is 2. The molecule has 3 rings (SSSR count). The Kier molecular flexibility index (Phi) is 8.53. The summed E-state index contributed by atoms with van der Waals surface area (Å²) < 4.78 is 11.4. The van der Waals surface area contributed by atoms with Gasteiger partial charge in [-0.1, -0.05) is 38.1 Å². The third kappa shape index (κ3) is 6.63. The normalized spacial score (nSPS) is 14.5. The van der Waals surface area contributed by atoms with Crippen molar-refractivity contribution >= 4 is 46.5 Å². The molecule has 0 aliphatic carbocycles. The van der Waals surface area contributed by atoms with E-state index in [1.54, 1.807) is 25.1 Å². The van der Waals surface area contributed by atoms with E-state index >= 15 is 0 Å². The monoisotopic (exact) mass is 497 g/mol. The Morgan fingerprint density at radius 2 is 1.86 bits per heavy atom. The molecule has 1 saturated heterocycles. The number of carbonyl (C=O) groups excluding carboxylic acids is 4. The SMILES string of the molecule is CCOc1cc(/C=C2\SC(=O)N(CC(N)=O)C2=O)ccc1OCC(=O)Nc1ccccc1C(C)C. The first-order valence-corrected chi connectivity index (χ1v) is 11.8. The second kappa shape index (κ2) is 11.6. The fraction of sp³-hybridized carbons (Fsp3) is 0.280. The maximum Gasteiger partial charge on any atom is 0.294 e. The number of benzene rings is 2. The van der Waals surface area contributed by atoms with E-state index in [1.165, 1.54) is 6.08 Å². The summed E-state index contributed by atoms with van der Waals surface area (Å²) in [7, 11) is 0. The van der Waals surface area contributed by atoms with Crippen LogP contribution in [0.5, 0.6) is 11.5 Å². The first-order chi connectivity index (χ1) is 16.7. The summed E-state index contributed by atoms with van der Waals surface area (Å²) in [5.41, 5.74) is 7.46. The van der Waals surface area contributed by atoms with Gasteiger partial charge in [-0.3, -0.25) is 24.1 Å². The zero-order valence-electron chi connectivity index (χ0n) is 19.7. The number of carbonyl (C=O) groups is 4. The number of para-hydroxylation sites is 1. The Bertz CT molecular complexity index is 1180. The van der Waals surface area contributed by atoms with Crippen LogP contribution in [0.1, 0.15) is 37.8 Å². The molecule has 0 atom stereocenters. The number of nitrogens with two attached hydrogens (primary N) is 1. The van der Waals surface area contributed by atoms with Crippen molar-refractivity contribution in [2.75, 3.05) is 25.1 Å². The van der Waals surface area contributed by atoms with Crippen LogP contribution in [0.25, 0.3) is 6.08 Å². The maximum atomic E-state index is 12.5. The lowest BCUT2D eigenvalue weighted by atomic mass is 10.0. The molecule has 1 aliphatic rings. The van der Waals surface area contributed by atoms with Crippen molar-refractivity contribution in [2.24, 2.45) is 5.73 Å². The molecule has 1 fully saturated rings. The summed E-state index contributed by atoms with van der Waals surface area (Å²) in [5, 5.41) is 2.32. The molecular weight excluding hydrogens is 470 g/mol. The summed E-state index contributed by atoms with van der Waals surface area (Å²) in [6, 6.07) is 12.5. The zero-order chi connectivity index (χ0) is 25.5. The molecule has 10 heteroatoms. The average Bonchev–Trinajstić information content (AvgIpc) is 3.06. The molecule has 35 heavy (non-hydrogen) atoms. The van der Waals surface area contributed by atoms with E-state index in [2.05, 4.69) is 19.2 Å². The van der Waals surface area contributed by atoms with Crippen molar-refractivity contribution < 1.29 is 28.7 Å². The molecule has 1 heterocycles. The molecule has 0 saturated carbocycles. The van der Waals surface area contributed by atoms with Crippen LogP contribution in [0.4, 0.5) is 10.5 Å². The van der Waals surface area contributed by atoms with E-state index in [1.807, 2.05) is 24.3 Å². The largest absolute Gasteiger partial charge is 0.490 e. The topological polar surface area (TPSA) is 128 Å². The second-order valence-corrected chi connectivity index (χ2v) is 8.95. The van der Waals surface area contributed by atoms with Gasteiger partial charge in [0.1, 0.15) is 6.54 Å². The standard InChI is InChI=1S/C25H27N3O6S/c1-4-33-20-11-16(12-21-24(31)28(13-22(26)29)25(32)35-21)9-10-19(20)34-14-23(30)27-18-8-6-5-7-17(18)15(2)3/h5-12,15H,4,13-14H2,1-3H3,(H2,26,29)(H,27,30)/b21-12-. The van der Waals surface area contributed by atoms with Crippen molar-refractivity contribution in [3.8, 4) is 11.5 Å². The van der Waals surface area contributed by atoms with Gasteiger partial charge in [-0.25, -0.2) is 0 Å². The number of nitrogens with zero attached hydrogens (tertiary/aromatic N) is 1. The lowest BCUT2D eigenvalue weighted by Crippen LogP contribution is -2.36. The van der Waals surface area contributed by atoms with E-state index in [0.717, 1.165) is 27.9 Å². The Labute approximate surface area is 207 Å². The second-order valence-electron chi connectivity index (χ2n) is 7.95. The van der Waals surface area contributed by atoms with Crippen LogP contribution in [0.3, 0.4) is 0 Å². The number of anilines is 1. The number of primary amides is 1. The van der Waals surface area contributed by atoms with Gasteiger partial charge in [0.05, 0.1) is 11.5 Å². The smallest absolute Gasteiger partial charge is 0.294 e. The summed E-state index contributed by atoms with van der Waals surface area (Å²) in [6.45, 7) is 5.57. The van der Waals surface area contributed by atoms with Crippen molar-refractivity contribution in [1.29, 1.82) is 0 Å². The molecule has 3 N–H and O–H groups in total. The number of amides is 4. The minimum Gasteiger partial charge on any atom is -0.490 e. The molecule has 1 aliphatic heterocycles. The third-order valence-electron chi connectivity index (χ3n) is 4.97. The van der Waals surface area contributed by atoms with Crippen LogP contribution in [0.15, 0.2) is 47.4 Å². The lowest BCUT2D eigenvalue weighted by molar-refractivity contribution is -0.127. The Balaban J connectivity index is 1.71. The van der Waals surface area contributed by atoms with E-state index < -0.39 is 23.6 Å². The summed E-state index contributed by atoms with van der Waals surface area (Å²) in [5.74, 6) is -0.679. The van der Waals surface area contributed by atoms with Crippen molar-refractivity contribution in [2.45, 2.75) is 26.7 Å². The molecule has 2 aromatic carbocycles. The molecule has 4 amide bonds. The first kappa shape index (κ1) is 25.8. The van der Waals surface area contributed by atoms with Crippen LogP contribution in [-0.4, -0.2) is 47.6 Å². The van der Waals surface area contributed by atoms with Crippen molar-refractivity contribution in [3.63, 3.8) is 0 Å². The van der Waals surface area contributed by atoms with Gasteiger partial charge >= 0.3 is 0 Å². The number of nitrogens with one attached hydrogen (secondary N) is 1. The van der Waals surface area contributed by atoms with Gasteiger partial charge in [-0.2, -0.15) is 0 Å². The molecule has 2 aromatic rings. The number of imide groups is 1. The molecular formula is C25H27N3O6S. The van der Waals surface area contributed by atoms with Crippen LogP contribution in [0, 0.1) is 0 Å². The highest BCUT2D eigenvalue weighted by Gasteiger charge is 2.35. The van der Waals surface area contributed by atoms with E-state index in [4.69, 9.17) is 15.2 Å². The molecule has 0 bridgehead atoms. The summed E-state index contributed by atoms with van der Waals surface area (Å²) >= 11 is 0.726. The number of ether oxygens (including phenoxy) is 2. The summed E-state index contributed by atoms with van der Waals surface area (Å²) in [6.07, 6.45) is 1.52. The van der Waals surface area contributed by atoms with Crippen LogP contribution in [-0.2, 0) is 14.4 Å². The molecule has 9 nitrogen and oxygen atoms in total. The predicted octanol–water partition coefficient (Wildman–Crippen LogP) is 3.75. The minimum atomic E-state index is -0.773. The van der Waals surface area contributed by atoms with Gasteiger partial charge in [-0.05, 0) is 60.0 Å². The van der Waals surface area contributed by atoms with Gasteiger partial charge in [-0.15, -0.1) is 0 Å². The fourth-order valence-electron chi connectivity index (χ4n) is 3.39. The zero-order valence-corrected chi connectivity index (χ0v) is 20.5. The number of hydrogen-bond acceptors (Lipinski definition) is 7. The van der Waals surface area contributed by atoms with Crippen molar-refractivity contribution in [1.82, 2.24) is 4.90 Å². The lowest BCUT2D eigenvalue weighted by Gasteiger charge is -2.15. The van der Waals surface area contributed by atoms with Crippen molar-refractivity contribution in [3.05, 3.63) is 58.5 Å². The highest BCUT2D eigenvalue weighted by Crippen LogP contribution is 2.34. The predicted molar refractivity (Wildman–Crippen MR) is 134 cm³/mol. The first-order valence-electron chi connectivity index (χ1n) is 11.0. The maximum absolute atomic E-state index is 12.5. The van der Waals surface area contributed by atoms with Gasteiger partial charge in [0, 0.05) is 5.69 Å². The Hall–Kier alpha value is -3.79. The average molecular weight is 498 g/mol. The summed E-state index contributed by atoms with van der Waals surface area (Å²) in [4.78, 5) is 49.0. The molecule has 0 radical (unpaired) electrons. The molecule has 0 aromatic heterocycles. The minimum absolute atomic E-state index is 0.163. The van der Waals surface area contributed by atoms with E-state index in [0.29, 0.717) is 23.7 Å². The van der Waals surface area contributed by atoms with Gasteiger partial charge in [0.25, 0.3) is 17.1 Å². The van der Waals surface area contributed by atoms with Crippen LogP contribution >= 0.6 is 11.8 Å². The number of rotatable bonds is 10.